The Balaban J connectivity index is 4.04. The van der Waals surface area contributed by atoms with Gasteiger partial charge in [-0.05, 0) is 33.5 Å². The Bertz CT molecular complexity index is 173. The van der Waals surface area contributed by atoms with Crippen LogP contribution in [-0.4, -0.2) is 37.1 Å². The van der Waals surface area contributed by atoms with Gasteiger partial charge in [0.1, 0.15) is 5.54 Å². The summed E-state index contributed by atoms with van der Waals surface area (Å²) in [6, 6.07) is 2.32. The number of nitriles is 1. The average Bonchev–Trinajstić information content (AvgIpc) is 2.05. The van der Waals surface area contributed by atoms with Crippen molar-refractivity contribution in [3.63, 3.8) is 0 Å². The van der Waals surface area contributed by atoms with Crippen LogP contribution >= 0.6 is 0 Å². The number of hydrogen-bond donors (Lipinski definition) is 1. The van der Waals surface area contributed by atoms with E-state index in [0.717, 1.165) is 26.1 Å². The molecule has 3 heteroatoms. The van der Waals surface area contributed by atoms with Gasteiger partial charge in [0.2, 0.25) is 0 Å². The number of likely N-dealkylation sites (N-methyl/N-ethyl adjacent to an activating group) is 2. The van der Waals surface area contributed by atoms with Crippen molar-refractivity contribution in [2.24, 2.45) is 0 Å². The van der Waals surface area contributed by atoms with Crippen LogP contribution in [0.4, 0.5) is 0 Å². The van der Waals surface area contributed by atoms with Gasteiger partial charge in [-0.25, -0.2) is 0 Å². The van der Waals surface area contributed by atoms with Gasteiger partial charge < -0.3 is 4.90 Å². The summed E-state index contributed by atoms with van der Waals surface area (Å²) in [5, 5.41) is 12.2. The Morgan fingerprint density at radius 2 is 2.08 bits per heavy atom. The van der Waals surface area contributed by atoms with Gasteiger partial charge in [0.15, 0.2) is 0 Å². The zero-order valence-corrected chi connectivity index (χ0v) is 9.22. The molecule has 76 valence electrons. The van der Waals surface area contributed by atoms with Crippen molar-refractivity contribution in [3.05, 3.63) is 0 Å². The van der Waals surface area contributed by atoms with Gasteiger partial charge in [-0.3, -0.25) is 5.32 Å². The molecule has 0 saturated heterocycles. The fraction of sp³-hybridized carbons (Fsp3) is 0.900. The lowest BCUT2D eigenvalue weighted by molar-refractivity contribution is 0.263. The van der Waals surface area contributed by atoms with E-state index in [0.29, 0.717) is 0 Å². The summed E-state index contributed by atoms with van der Waals surface area (Å²) in [7, 11) is 2.05. The molecule has 0 aliphatic carbocycles. The molecule has 0 radical (unpaired) electrons. The first-order chi connectivity index (χ1) is 6.08. The maximum atomic E-state index is 8.99. The Labute approximate surface area is 81.7 Å². The molecule has 0 aliphatic heterocycles. The Hall–Kier alpha value is -0.590. The standard InChI is InChI=1S/C10H21N3/c1-5-7-13(4)9-10(3,8-11)12-6-2/h12H,5-7,9H2,1-4H3. The fourth-order valence-electron chi connectivity index (χ4n) is 1.52. The van der Waals surface area contributed by atoms with Crippen LogP contribution in [0.5, 0.6) is 0 Å². The topological polar surface area (TPSA) is 39.1 Å². The molecule has 1 atom stereocenters. The summed E-state index contributed by atoms with van der Waals surface area (Å²) in [5.41, 5.74) is -0.404. The predicted molar refractivity (Wildman–Crippen MR) is 55.5 cm³/mol. The molecular weight excluding hydrogens is 162 g/mol. The van der Waals surface area contributed by atoms with Crippen molar-refractivity contribution in [2.75, 3.05) is 26.7 Å². The summed E-state index contributed by atoms with van der Waals surface area (Å²) in [6.07, 6.45) is 1.13. The maximum Gasteiger partial charge on any atom is 0.116 e. The van der Waals surface area contributed by atoms with Crippen LogP contribution in [0, 0.1) is 11.3 Å². The second kappa shape index (κ2) is 5.95. The first kappa shape index (κ1) is 12.4. The van der Waals surface area contributed by atoms with Gasteiger partial charge in [-0.1, -0.05) is 13.8 Å². The van der Waals surface area contributed by atoms with Crippen LogP contribution < -0.4 is 5.32 Å². The van der Waals surface area contributed by atoms with Gasteiger partial charge >= 0.3 is 0 Å². The van der Waals surface area contributed by atoms with Crippen LogP contribution in [0.25, 0.3) is 0 Å². The highest BCUT2D eigenvalue weighted by Gasteiger charge is 2.23. The van der Waals surface area contributed by atoms with Crippen LogP contribution in [-0.2, 0) is 0 Å². The lowest BCUT2D eigenvalue weighted by Crippen LogP contribution is -2.49. The molecule has 1 N–H and O–H groups in total. The molecule has 0 fully saturated rings. The fourth-order valence-corrected chi connectivity index (χ4v) is 1.52. The molecule has 0 aliphatic rings. The van der Waals surface area contributed by atoms with Crippen LogP contribution in [0.2, 0.25) is 0 Å². The second-order valence-corrected chi connectivity index (χ2v) is 3.71. The normalized spacial score (nSPS) is 15.4. The van der Waals surface area contributed by atoms with E-state index in [1.807, 2.05) is 13.8 Å². The number of rotatable bonds is 6. The minimum absolute atomic E-state index is 0.404. The van der Waals surface area contributed by atoms with Crippen molar-refractivity contribution in [1.29, 1.82) is 5.26 Å². The van der Waals surface area contributed by atoms with E-state index in [1.54, 1.807) is 0 Å². The maximum absolute atomic E-state index is 8.99. The quantitative estimate of drug-likeness (QED) is 0.673. The van der Waals surface area contributed by atoms with Gasteiger partial charge in [-0.15, -0.1) is 0 Å². The van der Waals surface area contributed by atoms with Crippen molar-refractivity contribution in [3.8, 4) is 6.07 Å². The third-order valence-electron chi connectivity index (χ3n) is 2.01. The minimum atomic E-state index is -0.404. The zero-order valence-electron chi connectivity index (χ0n) is 9.22. The van der Waals surface area contributed by atoms with Crippen molar-refractivity contribution < 1.29 is 0 Å². The molecule has 1 unspecified atom stereocenters. The molecule has 0 aromatic heterocycles. The number of nitrogens with zero attached hydrogens (tertiary/aromatic N) is 2. The summed E-state index contributed by atoms with van der Waals surface area (Å²) in [5.74, 6) is 0. The van der Waals surface area contributed by atoms with E-state index in [-0.39, 0.29) is 0 Å². The van der Waals surface area contributed by atoms with E-state index in [9.17, 15) is 0 Å². The van der Waals surface area contributed by atoms with E-state index in [2.05, 4.69) is 30.3 Å². The Morgan fingerprint density at radius 3 is 2.46 bits per heavy atom. The second-order valence-electron chi connectivity index (χ2n) is 3.71. The molecule has 0 spiro atoms. The van der Waals surface area contributed by atoms with E-state index >= 15 is 0 Å². The molecule has 0 aromatic rings. The van der Waals surface area contributed by atoms with Crippen molar-refractivity contribution in [2.45, 2.75) is 32.7 Å². The monoisotopic (exact) mass is 183 g/mol. The number of hydrogen-bond acceptors (Lipinski definition) is 3. The largest absolute Gasteiger partial charge is 0.303 e. The van der Waals surface area contributed by atoms with Gasteiger partial charge in [0.05, 0.1) is 6.07 Å². The smallest absolute Gasteiger partial charge is 0.116 e. The summed E-state index contributed by atoms with van der Waals surface area (Å²) >= 11 is 0. The summed E-state index contributed by atoms with van der Waals surface area (Å²) in [6.45, 7) is 8.78. The van der Waals surface area contributed by atoms with Crippen LogP contribution in [0.3, 0.4) is 0 Å². The highest BCUT2D eigenvalue weighted by Crippen LogP contribution is 2.04. The van der Waals surface area contributed by atoms with E-state index in [4.69, 9.17) is 5.26 Å². The van der Waals surface area contributed by atoms with Crippen LogP contribution in [0.15, 0.2) is 0 Å². The zero-order chi connectivity index (χ0) is 10.3. The van der Waals surface area contributed by atoms with E-state index in [1.165, 1.54) is 0 Å². The average molecular weight is 183 g/mol. The molecule has 0 amide bonds. The van der Waals surface area contributed by atoms with Crippen molar-refractivity contribution >= 4 is 0 Å². The van der Waals surface area contributed by atoms with Gasteiger partial charge in [0.25, 0.3) is 0 Å². The lowest BCUT2D eigenvalue weighted by Gasteiger charge is -2.28. The molecular formula is C10H21N3. The molecule has 13 heavy (non-hydrogen) atoms. The molecule has 0 bridgehead atoms. The number of nitrogens with one attached hydrogen (secondary N) is 1. The first-order valence-electron chi connectivity index (χ1n) is 4.92. The van der Waals surface area contributed by atoms with Crippen molar-refractivity contribution in [1.82, 2.24) is 10.2 Å². The molecule has 0 heterocycles. The van der Waals surface area contributed by atoms with Gasteiger partial charge in [-0.2, -0.15) is 5.26 Å². The third-order valence-corrected chi connectivity index (χ3v) is 2.01. The SMILES string of the molecule is CCCN(C)CC(C)(C#N)NCC. The third kappa shape index (κ3) is 4.87. The molecule has 0 saturated carbocycles. The predicted octanol–water partition coefficient (Wildman–Crippen LogP) is 1.22. The molecule has 3 nitrogen and oxygen atoms in total. The summed E-state index contributed by atoms with van der Waals surface area (Å²) in [4.78, 5) is 2.19. The Kier molecular flexibility index (Phi) is 5.68. The Morgan fingerprint density at radius 1 is 1.46 bits per heavy atom. The summed E-state index contributed by atoms with van der Waals surface area (Å²) < 4.78 is 0. The van der Waals surface area contributed by atoms with Crippen LogP contribution in [0.1, 0.15) is 27.2 Å². The molecule has 0 aromatic carbocycles. The lowest BCUT2D eigenvalue weighted by atomic mass is 10.0. The minimum Gasteiger partial charge on any atom is -0.303 e. The van der Waals surface area contributed by atoms with Gasteiger partial charge in [0, 0.05) is 6.54 Å². The first-order valence-corrected chi connectivity index (χ1v) is 4.92. The highest BCUT2D eigenvalue weighted by molar-refractivity contribution is 5.05. The highest BCUT2D eigenvalue weighted by atomic mass is 15.1. The molecule has 0 rings (SSSR count). The van der Waals surface area contributed by atoms with E-state index < -0.39 is 5.54 Å².